The molecule has 2 fully saturated rings. The SMILES string of the molecule is CC(C)c1nccc(N2CCC(CC(=O)NC3CCCC3)CC2)n1. The molecule has 5 heteroatoms. The van der Waals surface area contributed by atoms with Crippen molar-refractivity contribution >= 4 is 11.7 Å². The second kappa shape index (κ2) is 7.95. The summed E-state index contributed by atoms with van der Waals surface area (Å²) in [7, 11) is 0. The van der Waals surface area contributed by atoms with Crippen molar-refractivity contribution < 1.29 is 4.79 Å². The van der Waals surface area contributed by atoms with Gasteiger partial charge in [0.1, 0.15) is 11.6 Å². The quantitative estimate of drug-likeness (QED) is 0.900. The minimum absolute atomic E-state index is 0.254. The molecule has 1 N–H and O–H groups in total. The van der Waals surface area contributed by atoms with Crippen LogP contribution in [0.3, 0.4) is 0 Å². The van der Waals surface area contributed by atoms with Crippen molar-refractivity contribution in [3.8, 4) is 0 Å². The molecule has 1 aliphatic carbocycles. The number of carbonyl (C=O) groups is 1. The lowest BCUT2D eigenvalue weighted by Crippen LogP contribution is -2.38. The zero-order chi connectivity index (χ0) is 16.9. The summed E-state index contributed by atoms with van der Waals surface area (Å²) in [5, 5.41) is 3.22. The fourth-order valence-electron chi connectivity index (χ4n) is 3.80. The number of carbonyl (C=O) groups excluding carboxylic acids is 1. The molecule has 1 saturated carbocycles. The zero-order valence-electron chi connectivity index (χ0n) is 15.0. The second-order valence-electron chi connectivity index (χ2n) is 7.61. The molecule has 2 heterocycles. The number of hydrogen-bond donors (Lipinski definition) is 1. The van der Waals surface area contributed by atoms with Crippen LogP contribution in [-0.4, -0.2) is 35.0 Å². The van der Waals surface area contributed by atoms with Gasteiger partial charge in [-0.2, -0.15) is 0 Å². The Balaban J connectivity index is 1.47. The van der Waals surface area contributed by atoms with Gasteiger partial charge >= 0.3 is 0 Å². The Morgan fingerprint density at radius 2 is 1.96 bits per heavy atom. The molecule has 0 spiro atoms. The third-order valence-corrected chi connectivity index (χ3v) is 5.31. The smallest absolute Gasteiger partial charge is 0.220 e. The molecule has 0 aromatic carbocycles. The fourth-order valence-corrected chi connectivity index (χ4v) is 3.80. The molecule has 1 aromatic heterocycles. The number of nitrogens with one attached hydrogen (secondary N) is 1. The topological polar surface area (TPSA) is 58.1 Å². The summed E-state index contributed by atoms with van der Waals surface area (Å²) in [6.07, 6.45) is 9.54. The van der Waals surface area contributed by atoms with Crippen molar-refractivity contribution in [1.82, 2.24) is 15.3 Å². The first-order valence-electron chi connectivity index (χ1n) is 9.49. The molecule has 24 heavy (non-hydrogen) atoms. The first-order valence-corrected chi connectivity index (χ1v) is 9.49. The van der Waals surface area contributed by atoms with E-state index in [1.807, 2.05) is 12.3 Å². The standard InChI is InChI=1S/C19H30N4O/c1-14(2)19-20-10-7-17(22-19)23-11-8-15(9-12-23)13-18(24)21-16-5-3-4-6-16/h7,10,14-16H,3-6,8-9,11-13H2,1-2H3,(H,21,24). The van der Waals surface area contributed by atoms with E-state index in [-0.39, 0.29) is 5.91 Å². The number of nitrogens with zero attached hydrogens (tertiary/aromatic N) is 3. The lowest BCUT2D eigenvalue weighted by atomic mass is 9.93. The van der Waals surface area contributed by atoms with Gasteiger partial charge in [-0.25, -0.2) is 9.97 Å². The summed E-state index contributed by atoms with van der Waals surface area (Å²) in [5.41, 5.74) is 0. The summed E-state index contributed by atoms with van der Waals surface area (Å²) in [6, 6.07) is 2.44. The maximum atomic E-state index is 12.2. The summed E-state index contributed by atoms with van der Waals surface area (Å²) < 4.78 is 0. The molecular weight excluding hydrogens is 300 g/mol. The highest BCUT2D eigenvalue weighted by Crippen LogP contribution is 2.25. The molecular formula is C19H30N4O. The average molecular weight is 330 g/mol. The van der Waals surface area contributed by atoms with Crippen LogP contribution in [0, 0.1) is 5.92 Å². The van der Waals surface area contributed by atoms with Gasteiger partial charge in [-0.05, 0) is 37.7 Å². The molecule has 3 rings (SSSR count). The highest BCUT2D eigenvalue weighted by molar-refractivity contribution is 5.76. The third-order valence-electron chi connectivity index (χ3n) is 5.31. The maximum absolute atomic E-state index is 12.2. The Labute approximate surface area is 145 Å². The molecule has 1 aliphatic heterocycles. The van der Waals surface area contributed by atoms with Gasteiger partial charge in [0.15, 0.2) is 0 Å². The minimum Gasteiger partial charge on any atom is -0.356 e. The van der Waals surface area contributed by atoms with Gasteiger partial charge in [0.25, 0.3) is 0 Å². The van der Waals surface area contributed by atoms with Crippen LogP contribution in [0.2, 0.25) is 0 Å². The van der Waals surface area contributed by atoms with Gasteiger partial charge in [-0.15, -0.1) is 0 Å². The number of hydrogen-bond acceptors (Lipinski definition) is 4. The van der Waals surface area contributed by atoms with E-state index in [2.05, 4.69) is 34.0 Å². The van der Waals surface area contributed by atoms with E-state index in [0.717, 1.165) is 50.4 Å². The van der Waals surface area contributed by atoms with Crippen LogP contribution in [-0.2, 0) is 4.79 Å². The van der Waals surface area contributed by atoms with E-state index in [1.165, 1.54) is 12.8 Å². The van der Waals surface area contributed by atoms with Crippen LogP contribution in [0.5, 0.6) is 0 Å². The first-order chi connectivity index (χ1) is 11.6. The fraction of sp³-hybridized carbons (Fsp3) is 0.737. The van der Waals surface area contributed by atoms with E-state index < -0.39 is 0 Å². The van der Waals surface area contributed by atoms with Crippen LogP contribution in [0.4, 0.5) is 5.82 Å². The molecule has 1 amide bonds. The van der Waals surface area contributed by atoms with Crippen LogP contribution in [0.25, 0.3) is 0 Å². The predicted octanol–water partition coefficient (Wildman–Crippen LogP) is 3.27. The maximum Gasteiger partial charge on any atom is 0.220 e. The van der Waals surface area contributed by atoms with Crippen molar-refractivity contribution in [1.29, 1.82) is 0 Å². The Bertz CT molecular complexity index is 546. The molecule has 0 bridgehead atoms. The van der Waals surface area contributed by atoms with Gasteiger partial charge in [0.2, 0.25) is 5.91 Å². The molecule has 132 valence electrons. The van der Waals surface area contributed by atoms with Gasteiger partial charge in [-0.3, -0.25) is 4.79 Å². The normalized spacial score (nSPS) is 19.9. The van der Waals surface area contributed by atoms with Crippen molar-refractivity contribution in [3.63, 3.8) is 0 Å². The van der Waals surface area contributed by atoms with E-state index in [9.17, 15) is 4.79 Å². The predicted molar refractivity (Wildman–Crippen MR) is 96.1 cm³/mol. The molecule has 0 unspecified atom stereocenters. The minimum atomic E-state index is 0.254. The lowest BCUT2D eigenvalue weighted by Gasteiger charge is -2.33. The zero-order valence-corrected chi connectivity index (χ0v) is 15.0. The highest BCUT2D eigenvalue weighted by Gasteiger charge is 2.24. The van der Waals surface area contributed by atoms with Crippen LogP contribution >= 0.6 is 0 Å². The first kappa shape index (κ1) is 17.2. The molecule has 0 radical (unpaired) electrons. The molecule has 0 atom stereocenters. The Morgan fingerprint density at radius 3 is 2.62 bits per heavy atom. The van der Waals surface area contributed by atoms with Gasteiger partial charge in [0, 0.05) is 37.7 Å². The molecule has 1 aromatic rings. The number of anilines is 1. The molecule has 1 saturated heterocycles. The number of piperidine rings is 1. The van der Waals surface area contributed by atoms with Crippen molar-refractivity contribution in [2.75, 3.05) is 18.0 Å². The Kier molecular flexibility index (Phi) is 5.69. The van der Waals surface area contributed by atoms with Crippen LogP contribution < -0.4 is 10.2 Å². The van der Waals surface area contributed by atoms with E-state index in [0.29, 0.717) is 24.3 Å². The largest absolute Gasteiger partial charge is 0.356 e. The number of aromatic nitrogens is 2. The third kappa shape index (κ3) is 4.46. The number of amides is 1. The van der Waals surface area contributed by atoms with E-state index >= 15 is 0 Å². The van der Waals surface area contributed by atoms with Crippen molar-refractivity contribution in [2.45, 2.75) is 70.8 Å². The summed E-state index contributed by atoms with van der Waals surface area (Å²) in [6.45, 7) is 6.20. The number of rotatable bonds is 5. The Morgan fingerprint density at radius 1 is 1.25 bits per heavy atom. The van der Waals surface area contributed by atoms with Crippen LogP contribution in [0.15, 0.2) is 12.3 Å². The lowest BCUT2D eigenvalue weighted by molar-refractivity contribution is -0.122. The molecule has 5 nitrogen and oxygen atoms in total. The Hall–Kier alpha value is -1.65. The van der Waals surface area contributed by atoms with E-state index in [4.69, 9.17) is 0 Å². The van der Waals surface area contributed by atoms with Crippen molar-refractivity contribution in [3.05, 3.63) is 18.1 Å². The summed E-state index contributed by atoms with van der Waals surface area (Å²) in [5.74, 6) is 3.05. The summed E-state index contributed by atoms with van der Waals surface area (Å²) in [4.78, 5) is 23.6. The average Bonchev–Trinajstić information content (AvgIpc) is 3.08. The molecule has 2 aliphatic rings. The van der Waals surface area contributed by atoms with Crippen molar-refractivity contribution in [2.24, 2.45) is 5.92 Å². The second-order valence-corrected chi connectivity index (χ2v) is 7.61. The monoisotopic (exact) mass is 330 g/mol. The van der Waals surface area contributed by atoms with E-state index in [1.54, 1.807) is 0 Å². The van der Waals surface area contributed by atoms with Gasteiger partial charge < -0.3 is 10.2 Å². The van der Waals surface area contributed by atoms with Crippen LogP contribution in [0.1, 0.15) is 70.5 Å². The van der Waals surface area contributed by atoms with Gasteiger partial charge in [0.05, 0.1) is 0 Å². The highest BCUT2D eigenvalue weighted by atomic mass is 16.1. The summed E-state index contributed by atoms with van der Waals surface area (Å²) >= 11 is 0. The van der Waals surface area contributed by atoms with Gasteiger partial charge in [-0.1, -0.05) is 26.7 Å².